The summed E-state index contributed by atoms with van der Waals surface area (Å²) in [5.74, 6) is 0.119. The number of tetrazole rings is 1. The first-order valence-corrected chi connectivity index (χ1v) is 11.4. The molecule has 0 unspecified atom stereocenters. The SMILES string of the molecule is Cc1nnn(Cc2cc(C(F)(F)F)ccc2CCC(=O)N2CCN(Cc3ccccc3F)CC2)n1. The number of hydrogen-bond donors (Lipinski definition) is 0. The number of aromatic nitrogens is 4. The minimum absolute atomic E-state index is 0.0308. The zero-order chi connectivity index (χ0) is 25.0. The Hall–Kier alpha value is -3.34. The van der Waals surface area contributed by atoms with Crippen molar-refractivity contribution >= 4 is 5.91 Å². The summed E-state index contributed by atoms with van der Waals surface area (Å²) in [6.45, 7) is 4.46. The Morgan fingerprint density at radius 1 is 0.971 bits per heavy atom. The van der Waals surface area contributed by atoms with Crippen molar-refractivity contribution in [2.24, 2.45) is 0 Å². The van der Waals surface area contributed by atoms with Crippen molar-refractivity contribution < 1.29 is 22.4 Å². The second kappa shape index (κ2) is 10.5. The Morgan fingerprint density at radius 2 is 1.71 bits per heavy atom. The van der Waals surface area contributed by atoms with Gasteiger partial charge in [0.15, 0.2) is 5.82 Å². The van der Waals surface area contributed by atoms with Crippen LogP contribution in [0, 0.1) is 12.7 Å². The maximum absolute atomic E-state index is 13.9. The van der Waals surface area contributed by atoms with Crippen LogP contribution in [0.25, 0.3) is 0 Å². The fourth-order valence-corrected chi connectivity index (χ4v) is 4.16. The summed E-state index contributed by atoms with van der Waals surface area (Å²) in [6.07, 6.45) is -4.00. The number of benzene rings is 2. The van der Waals surface area contributed by atoms with E-state index < -0.39 is 11.7 Å². The maximum Gasteiger partial charge on any atom is 0.416 e. The normalized spacial score (nSPS) is 14.9. The number of carbonyl (C=O) groups excluding carboxylic acids is 1. The van der Waals surface area contributed by atoms with E-state index in [1.54, 1.807) is 30.0 Å². The lowest BCUT2D eigenvalue weighted by molar-refractivity contribution is -0.137. The van der Waals surface area contributed by atoms with E-state index in [0.29, 0.717) is 61.7 Å². The third kappa shape index (κ3) is 6.41. The van der Waals surface area contributed by atoms with Crippen molar-refractivity contribution in [3.63, 3.8) is 0 Å². The second-order valence-corrected chi connectivity index (χ2v) is 8.60. The standard InChI is InChI=1S/C24H26F4N6O/c1-17-29-31-34(30-17)16-20-14-21(24(26,27)28)8-6-18(20)7-9-23(35)33-12-10-32(11-13-33)15-19-4-2-3-5-22(19)25/h2-6,8,14H,7,9-13,15-16H2,1H3. The Labute approximate surface area is 200 Å². The molecule has 1 amide bonds. The lowest BCUT2D eigenvalue weighted by atomic mass is 9.99. The first kappa shape index (κ1) is 24.8. The van der Waals surface area contributed by atoms with E-state index in [4.69, 9.17) is 0 Å². The zero-order valence-corrected chi connectivity index (χ0v) is 19.3. The molecule has 4 rings (SSSR count). The predicted molar refractivity (Wildman–Crippen MR) is 120 cm³/mol. The number of alkyl halides is 3. The number of nitrogens with zero attached hydrogens (tertiary/aromatic N) is 6. The number of carbonyl (C=O) groups is 1. The van der Waals surface area contributed by atoms with Crippen LogP contribution in [-0.4, -0.2) is 62.1 Å². The number of rotatable bonds is 7. The van der Waals surface area contributed by atoms with Crippen LogP contribution >= 0.6 is 0 Å². The predicted octanol–water partition coefficient (Wildman–Crippen LogP) is 3.46. The molecule has 35 heavy (non-hydrogen) atoms. The summed E-state index contributed by atoms with van der Waals surface area (Å²) < 4.78 is 53.7. The first-order valence-electron chi connectivity index (χ1n) is 11.4. The maximum atomic E-state index is 13.9. The Bertz CT molecular complexity index is 1170. The molecule has 1 aliphatic heterocycles. The number of aryl methyl sites for hydroxylation is 2. The topological polar surface area (TPSA) is 67.2 Å². The molecule has 0 atom stereocenters. The van der Waals surface area contributed by atoms with Crippen LogP contribution in [0.5, 0.6) is 0 Å². The van der Waals surface area contributed by atoms with Crippen LogP contribution in [0.2, 0.25) is 0 Å². The molecule has 0 spiro atoms. The molecule has 11 heteroatoms. The number of piperazine rings is 1. The van der Waals surface area contributed by atoms with E-state index >= 15 is 0 Å². The van der Waals surface area contributed by atoms with Gasteiger partial charge in [-0.15, -0.1) is 10.2 Å². The molecular weight excluding hydrogens is 464 g/mol. The molecule has 1 aliphatic rings. The Morgan fingerprint density at radius 3 is 2.37 bits per heavy atom. The highest BCUT2D eigenvalue weighted by Gasteiger charge is 2.31. The summed E-state index contributed by atoms with van der Waals surface area (Å²) in [6, 6.07) is 10.2. The van der Waals surface area contributed by atoms with Gasteiger partial charge in [0.1, 0.15) is 5.82 Å². The third-order valence-corrected chi connectivity index (χ3v) is 6.08. The molecule has 1 aromatic heterocycles. The van der Waals surface area contributed by atoms with Crippen LogP contribution < -0.4 is 0 Å². The summed E-state index contributed by atoms with van der Waals surface area (Å²) in [4.78, 5) is 17.9. The highest BCUT2D eigenvalue weighted by Crippen LogP contribution is 2.31. The third-order valence-electron chi connectivity index (χ3n) is 6.08. The molecule has 7 nitrogen and oxygen atoms in total. The minimum Gasteiger partial charge on any atom is -0.340 e. The van der Waals surface area contributed by atoms with E-state index in [2.05, 4.69) is 20.3 Å². The summed E-state index contributed by atoms with van der Waals surface area (Å²) >= 11 is 0. The van der Waals surface area contributed by atoms with E-state index in [9.17, 15) is 22.4 Å². The molecule has 3 aromatic rings. The van der Waals surface area contributed by atoms with Gasteiger partial charge in [-0.05, 0) is 47.9 Å². The van der Waals surface area contributed by atoms with Gasteiger partial charge < -0.3 is 4.90 Å². The van der Waals surface area contributed by atoms with Crippen LogP contribution in [0.4, 0.5) is 17.6 Å². The highest BCUT2D eigenvalue weighted by molar-refractivity contribution is 5.76. The van der Waals surface area contributed by atoms with Gasteiger partial charge in [-0.3, -0.25) is 9.69 Å². The Kier molecular flexibility index (Phi) is 7.44. The van der Waals surface area contributed by atoms with Gasteiger partial charge in [0.25, 0.3) is 0 Å². The zero-order valence-electron chi connectivity index (χ0n) is 19.3. The van der Waals surface area contributed by atoms with Gasteiger partial charge >= 0.3 is 6.18 Å². The monoisotopic (exact) mass is 490 g/mol. The average Bonchev–Trinajstić information content (AvgIpc) is 3.24. The van der Waals surface area contributed by atoms with Gasteiger partial charge in [0.2, 0.25) is 5.91 Å². The molecule has 2 aromatic carbocycles. The molecular formula is C24H26F4N6O. The second-order valence-electron chi connectivity index (χ2n) is 8.60. The van der Waals surface area contributed by atoms with Crippen molar-refractivity contribution in [2.45, 2.75) is 39.0 Å². The van der Waals surface area contributed by atoms with Gasteiger partial charge in [0, 0.05) is 44.7 Å². The van der Waals surface area contributed by atoms with Crippen LogP contribution in [-0.2, 0) is 30.5 Å². The molecule has 2 heterocycles. The van der Waals surface area contributed by atoms with E-state index in [1.807, 2.05) is 0 Å². The molecule has 0 N–H and O–H groups in total. The minimum atomic E-state index is -4.48. The molecule has 1 fully saturated rings. The fraction of sp³-hybridized carbons (Fsp3) is 0.417. The highest BCUT2D eigenvalue weighted by atomic mass is 19.4. The summed E-state index contributed by atoms with van der Waals surface area (Å²) in [7, 11) is 0. The molecule has 1 saturated heterocycles. The largest absolute Gasteiger partial charge is 0.416 e. The van der Waals surface area contributed by atoms with Crippen LogP contribution in [0.15, 0.2) is 42.5 Å². The van der Waals surface area contributed by atoms with Gasteiger partial charge in [0.05, 0.1) is 12.1 Å². The molecule has 0 radical (unpaired) electrons. The molecule has 0 saturated carbocycles. The Balaban J connectivity index is 1.36. The van der Waals surface area contributed by atoms with Gasteiger partial charge in [-0.1, -0.05) is 24.3 Å². The quantitative estimate of drug-likeness (QED) is 0.475. The van der Waals surface area contributed by atoms with Crippen LogP contribution in [0.1, 0.15) is 34.5 Å². The number of amides is 1. The smallest absolute Gasteiger partial charge is 0.340 e. The van der Waals surface area contributed by atoms with E-state index in [0.717, 1.165) is 12.1 Å². The van der Waals surface area contributed by atoms with Crippen molar-refractivity contribution in [1.82, 2.24) is 30.0 Å². The lowest BCUT2D eigenvalue weighted by Gasteiger charge is -2.35. The van der Waals surface area contributed by atoms with Crippen molar-refractivity contribution in [3.05, 3.63) is 76.4 Å². The van der Waals surface area contributed by atoms with Crippen LogP contribution in [0.3, 0.4) is 0 Å². The van der Waals surface area contributed by atoms with E-state index in [-0.39, 0.29) is 24.7 Å². The molecule has 0 aliphatic carbocycles. The van der Waals surface area contributed by atoms with Crippen molar-refractivity contribution in [3.8, 4) is 0 Å². The number of halogens is 4. The summed E-state index contributed by atoms with van der Waals surface area (Å²) in [5, 5.41) is 11.7. The van der Waals surface area contributed by atoms with E-state index in [1.165, 1.54) is 16.9 Å². The van der Waals surface area contributed by atoms with Crippen molar-refractivity contribution in [1.29, 1.82) is 0 Å². The first-order chi connectivity index (χ1) is 16.7. The fourth-order valence-electron chi connectivity index (χ4n) is 4.16. The van der Waals surface area contributed by atoms with Gasteiger partial charge in [-0.25, -0.2) is 4.39 Å². The van der Waals surface area contributed by atoms with Crippen molar-refractivity contribution in [2.75, 3.05) is 26.2 Å². The summed E-state index contributed by atoms with van der Waals surface area (Å²) in [5.41, 5.74) is 0.906. The average molecular weight is 491 g/mol. The van der Waals surface area contributed by atoms with Gasteiger partial charge in [-0.2, -0.15) is 18.0 Å². The molecule has 186 valence electrons. The lowest BCUT2D eigenvalue weighted by Crippen LogP contribution is -2.48. The number of hydrogen-bond acceptors (Lipinski definition) is 5. The molecule has 0 bridgehead atoms.